The number of nitrogen functional groups attached to an aromatic ring is 1. The first-order chi connectivity index (χ1) is 7.29. The van der Waals surface area contributed by atoms with Gasteiger partial charge in [0.2, 0.25) is 0 Å². The molecule has 1 aromatic heterocycles. The Hall–Kier alpha value is -1.99. The Labute approximate surface area is 87.7 Å². The first kappa shape index (κ1) is 12.1. The van der Waals surface area contributed by atoms with Crippen LogP contribution >= 0.6 is 0 Å². The molecule has 1 heterocycles. The van der Waals surface area contributed by atoms with Gasteiger partial charge in [0.1, 0.15) is 0 Å². The molecular weight excluding hydrogens is 229 g/mol. The van der Waals surface area contributed by atoms with Crippen LogP contribution < -0.4 is 10.5 Å². The van der Waals surface area contributed by atoms with Gasteiger partial charge in [-0.1, -0.05) is 0 Å². The Bertz CT molecular complexity index is 406. The minimum absolute atomic E-state index is 0.303. The van der Waals surface area contributed by atoms with E-state index in [1.807, 2.05) is 0 Å². The van der Waals surface area contributed by atoms with Crippen LogP contribution in [0.15, 0.2) is 12.1 Å². The topological polar surface area (TPSA) is 85.4 Å². The van der Waals surface area contributed by atoms with Gasteiger partial charge in [-0.05, 0) is 12.1 Å². The molecule has 0 aliphatic carbocycles. The average molecular weight is 236 g/mol. The third-order valence-electron chi connectivity index (χ3n) is 1.50. The highest BCUT2D eigenvalue weighted by molar-refractivity contribution is 5.86. The van der Waals surface area contributed by atoms with Gasteiger partial charge in [0.05, 0.1) is 0 Å². The number of aromatic carboxylic acids is 1. The number of pyridine rings is 1. The number of halogens is 3. The van der Waals surface area contributed by atoms with Crippen LogP contribution in [0, 0.1) is 0 Å². The number of anilines is 1. The molecule has 88 valence electrons. The van der Waals surface area contributed by atoms with E-state index in [9.17, 15) is 18.0 Å². The summed E-state index contributed by atoms with van der Waals surface area (Å²) in [5.41, 5.74) is 4.86. The van der Waals surface area contributed by atoms with E-state index in [0.717, 1.165) is 12.1 Å². The second-order valence-electron chi connectivity index (χ2n) is 2.79. The van der Waals surface area contributed by atoms with Crippen molar-refractivity contribution in [1.82, 2.24) is 4.98 Å². The number of hydrogen-bond donors (Lipinski definition) is 2. The van der Waals surface area contributed by atoms with Gasteiger partial charge in [-0.25, -0.2) is 9.78 Å². The van der Waals surface area contributed by atoms with E-state index in [-0.39, 0.29) is 11.4 Å². The van der Waals surface area contributed by atoms with E-state index in [1.54, 1.807) is 0 Å². The summed E-state index contributed by atoms with van der Waals surface area (Å²) in [6.07, 6.45) is -4.49. The van der Waals surface area contributed by atoms with Crippen LogP contribution in [0.1, 0.15) is 10.5 Å². The summed E-state index contributed by atoms with van der Waals surface area (Å²) in [7, 11) is 0. The highest BCUT2D eigenvalue weighted by atomic mass is 19.4. The zero-order valence-electron chi connectivity index (χ0n) is 7.78. The van der Waals surface area contributed by atoms with Gasteiger partial charge < -0.3 is 15.6 Å². The summed E-state index contributed by atoms with van der Waals surface area (Å²) in [5.74, 6) is -2.03. The number of ether oxygens (including phenoxy) is 1. The molecule has 0 bridgehead atoms. The number of aromatic nitrogens is 1. The lowest BCUT2D eigenvalue weighted by Gasteiger charge is -2.10. The van der Waals surface area contributed by atoms with E-state index < -0.39 is 24.6 Å². The largest absolute Gasteiger partial charge is 0.480 e. The van der Waals surface area contributed by atoms with Gasteiger partial charge in [0, 0.05) is 0 Å². The van der Waals surface area contributed by atoms with Crippen LogP contribution in [0.25, 0.3) is 0 Å². The Morgan fingerprint density at radius 2 is 2.12 bits per heavy atom. The van der Waals surface area contributed by atoms with Gasteiger partial charge in [-0.15, -0.1) is 0 Å². The molecular formula is C8H7F3N2O3. The fourth-order valence-electron chi connectivity index (χ4n) is 0.863. The van der Waals surface area contributed by atoms with Crippen LogP contribution in [-0.4, -0.2) is 28.8 Å². The van der Waals surface area contributed by atoms with Crippen molar-refractivity contribution in [1.29, 1.82) is 0 Å². The number of nitrogens with two attached hydrogens (primary N) is 1. The van der Waals surface area contributed by atoms with Crippen LogP contribution in [0.4, 0.5) is 19.0 Å². The number of rotatable bonds is 3. The number of carboxylic acids is 1. The van der Waals surface area contributed by atoms with E-state index in [0.29, 0.717) is 0 Å². The molecule has 1 aromatic rings. The third kappa shape index (κ3) is 3.30. The molecule has 0 aromatic carbocycles. The molecule has 8 heteroatoms. The Kier molecular flexibility index (Phi) is 3.21. The van der Waals surface area contributed by atoms with Gasteiger partial charge in [-0.2, -0.15) is 13.2 Å². The minimum Gasteiger partial charge on any atom is -0.480 e. The fraction of sp³-hybridized carbons (Fsp3) is 0.250. The highest BCUT2D eigenvalue weighted by Crippen LogP contribution is 2.22. The summed E-state index contributed by atoms with van der Waals surface area (Å²) in [6.45, 7) is -1.51. The van der Waals surface area contributed by atoms with Gasteiger partial charge in [0.25, 0.3) is 0 Å². The lowest BCUT2D eigenvalue weighted by molar-refractivity contribution is -0.153. The second kappa shape index (κ2) is 4.25. The molecule has 0 aliphatic rings. The summed E-state index contributed by atoms with van der Waals surface area (Å²) in [6, 6.07) is 2.03. The van der Waals surface area contributed by atoms with Crippen LogP contribution in [0.3, 0.4) is 0 Å². The van der Waals surface area contributed by atoms with Crippen LogP contribution in [0.5, 0.6) is 5.75 Å². The average Bonchev–Trinajstić information content (AvgIpc) is 2.14. The lowest BCUT2D eigenvalue weighted by Crippen LogP contribution is -2.20. The molecule has 3 N–H and O–H groups in total. The summed E-state index contributed by atoms with van der Waals surface area (Å²) < 4.78 is 39.7. The third-order valence-corrected chi connectivity index (χ3v) is 1.50. The Morgan fingerprint density at radius 3 is 2.56 bits per heavy atom. The summed E-state index contributed by atoms with van der Waals surface area (Å²) in [5, 5.41) is 8.52. The lowest BCUT2D eigenvalue weighted by atomic mass is 10.3. The number of nitrogens with zero attached hydrogens (tertiary/aromatic N) is 1. The first-order valence-corrected chi connectivity index (χ1v) is 3.99. The van der Waals surface area contributed by atoms with Crippen molar-refractivity contribution >= 4 is 11.8 Å². The smallest absolute Gasteiger partial charge is 0.422 e. The molecule has 0 saturated heterocycles. The molecule has 1 rings (SSSR count). The van der Waals surface area contributed by atoms with Crippen molar-refractivity contribution in [3.05, 3.63) is 17.8 Å². The predicted molar refractivity (Wildman–Crippen MR) is 47.2 cm³/mol. The Morgan fingerprint density at radius 1 is 1.50 bits per heavy atom. The quantitative estimate of drug-likeness (QED) is 0.826. The summed E-state index contributed by atoms with van der Waals surface area (Å²) >= 11 is 0. The molecule has 0 radical (unpaired) electrons. The van der Waals surface area contributed by atoms with Crippen molar-refractivity contribution in [3.8, 4) is 5.75 Å². The van der Waals surface area contributed by atoms with E-state index in [1.165, 1.54) is 0 Å². The molecule has 16 heavy (non-hydrogen) atoms. The number of carbonyl (C=O) groups is 1. The van der Waals surface area contributed by atoms with Crippen molar-refractivity contribution in [2.75, 3.05) is 12.3 Å². The Balaban J connectivity index is 2.80. The number of carboxylic acid groups (broad SMARTS) is 1. The number of alkyl halides is 3. The molecule has 0 unspecified atom stereocenters. The molecule has 0 amide bonds. The molecule has 0 fully saturated rings. The van der Waals surface area contributed by atoms with Crippen LogP contribution in [-0.2, 0) is 0 Å². The molecule has 0 aliphatic heterocycles. The van der Waals surface area contributed by atoms with Gasteiger partial charge >= 0.3 is 12.1 Å². The maximum atomic E-state index is 11.8. The molecule has 5 nitrogen and oxygen atoms in total. The first-order valence-electron chi connectivity index (χ1n) is 3.99. The molecule has 0 saturated carbocycles. The molecule has 0 spiro atoms. The number of hydrogen-bond acceptors (Lipinski definition) is 4. The van der Waals surface area contributed by atoms with E-state index in [2.05, 4.69) is 9.72 Å². The molecule has 0 atom stereocenters. The highest BCUT2D eigenvalue weighted by Gasteiger charge is 2.28. The SMILES string of the molecule is Nc1nc(C(=O)O)ccc1OCC(F)(F)F. The van der Waals surface area contributed by atoms with Crippen molar-refractivity contribution in [2.45, 2.75) is 6.18 Å². The van der Waals surface area contributed by atoms with Crippen LogP contribution in [0.2, 0.25) is 0 Å². The monoisotopic (exact) mass is 236 g/mol. The fourth-order valence-corrected chi connectivity index (χ4v) is 0.863. The van der Waals surface area contributed by atoms with Crippen molar-refractivity contribution in [3.63, 3.8) is 0 Å². The predicted octanol–water partition coefficient (Wildman–Crippen LogP) is 1.30. The normalized spacial score (nSPS) is 11.2. The maximum Gasteiger partial charge on any atom is 0.422 e. The van der Waals surface area contributed by atoms with Gasteiger partial charge in [0.15, 0.2) is 23.9 Å². The van der Waals surface area contributed by atoms with Crippen molar-refractivity contribution in [2.24, 2.45) is 0 Å². The second-order valence-corrected chi connectivity index (χ2v) is 2.79. The minimum atomic E-state index is -4.49. The standard InChI is InChI=1S/C8H7F3N2O3/c9-8(10,11)3-16-5-2-1-4(7(14)15)13-6(5)12/h1-2H,3H2,(H2,12,13)(H,14,15). The zero-order chi connectivity index (χ0) is 12.3. The van der Waals surface area contributed by atoms with Gasteiger partial charge in [-0.3, -0.25) is 0 Å². The van der Waals surface area contributed by atoms with E-state index in [4.69, 9.17) is 10.8 Å². The van der Waals surface area contributed by atoms with Crippen molar-refractivity contribution < 1.29 is 27.8 Å². The summed E-state index contributed by atoms with van der Waals surface area (Å²) in [4.78, 5) is 13.8. The zero-order valence-corrected chi connectivity index (χ0v) is 7.78. The maximum absolute atomic E-state index is 11.8. The van der Waals surface area contributed by atoms with E-state index >= 15 is 0 Å².